The van der Waals surface area contributed by atoms with E-state index in [0.717, 1.165) is 12.5 Å². The molecule has 0 amide bonds. The SMILES string of the molecule is CCC(CCN)CCCN1CCN(C)C(C)(C)C1. The number of likely N-dealkylation sites (N-methyl/N-ethyl adjacent to an activating group) is 1. The molecule has 0 saturated carbocycles. The molecule has 1 heterocycles. The summed E-state index contributed by atoms with van der Waals surface area (Å²) in [4.78, 5) is 5.11. The van der Waals surface area contributed by atoms with Crippen LogP contribution in [-0.2, 0) is 0 Å². The van der Waals surface area contributed by atoms with Gasteiger partial charge in [-0.3, -0.25) is 4.90 Å². The molecule has 1 aliphatic rings. The second-order valence-electron chi connectivity index (χ2n) is 6.50. The molecule has 0 aromatic heterocycles. The molecule has 2 N–H and O–H groups in total. The van der Waals surface area contributed by atoms with Crippen LogP contribution in [0.5, 0.6) is 0 Å². The topological polar surface area (TPSA) is 32.5 Å². The Morgan fingerprint density at radius 2 is 1.94 bits per heavy atom. The smallest absolute Gasteiger partial charge is 0.0277 e. The van der Waals surface area contributed by atoms with Crippen LogP contribution in [-0.4, -0.2) is 55.1 Å². The molecule has 0 radical (unpaired) electrons. The molecule has 0 aromatic carbocycles. The quantitative estimate of drug-likeness (QED) is 0.757. The molecule has 3 heteroatoms. The van der Waals surface area contributed by atoms with Crippen LogP contribution in [0.2, 0.25) is 0 Å². The Morgan fingerprint density at radius 1 is 1.22 bits per heavy atom. The highest BCUT2D eigenvalue weighted by atomic mass is 15.3. The molecule has 1 fully saturated rings. The molecule has 1 aliphatic heterocycles. The molecule has 108 valence electrons. The maximum Gasteiger partial charge on any atom is 0.0277 e. The summed E-state index contributed by atoms with van der Waals surface area (Å²) in [5, 5.41) is 0. The van der Waals surface area contributed by atoms with Crippen LogP contribution in [0.15, 0.2) is 0 Å². The zero-order chi connectivity index (χ0) is 13.6. The lowest BCUT2D eigenvalue weighted by atomic mass is 9.95. The van der Waals surface area contributed by atoms with E-state index in [1.54, 1.807) is 0 Å². The number of nitrogens with zero attached hydrogens (tertiary/aromatic N) is 2. The maximum atomic E-state index is 5.65. The summed E-state index contributed by atoms with van der Waals surface area (Å²) in [6.45, 7) is 12.7. The summed E-state index contributed by atoms with van der Waals surface area (Å²) in [5.74, 6) is 0.843. The lowest BCUT2D eigenvalue weighted by Gasteiger charge is -2.45. The fourth-order valence-electron chi connectivity index (χ4n) is 2.92. The van der Waals surface area contributed by atoms with E-state index in [-0.39, 0.29) is 0 Å². The summed E-state index contributed by atoms with van der Waals surface area (Å²) in [7, 11) is 2.24. The second kappa shape index (κ2) is 7.46. The Hall–Kier alpha value is -0.120. The molecule has 1 rings (SSSR count). The zero-order valence-electron chi connectivity index (χ0n) is 12.9. The van der Waals surface area contributed by atoms with Crippen molar-refractivity contribution in [3.63, 3.8) is 0 Å². The molecule has 1 atom stereocenters. The maximum absolute atomic E-state index is 5.65. The lowest BCUT2D eigenvalue weighted by Crippen LogP contribution is -2.57. The van der Waals surface area contributed by atoms with Gasteiger partial charge in [0.05, 0.1) is 0 Å². The van der Waals surface area contributed by atoms with Crippen molar-refractivity contribution in [3.05, 3.63) is 0 Å². The first-order valence-corrected chi connectivity index (χ1v) is 7.63. The minimum absolute atomic E-state index is 0.333. The fraction of sp³-hybridized carbons (Fsp3) is 1.00. The van der Waals surface area contributed by atoms with Crippen molar-refractivity contribution >= 4 is 0 Å². The van der Waals surface area contributed by atoms with Gasteiger partial charge in [-0.1, -0.05) is 13.3 Å². The molecule has 1 saturated heterocycles. The van der Waals surface area contributed by atoms with Crippen molar-refractivity contribution in [2.75, 3.05) is 39.8 Å². The van der Waals surface area contributed by atoms with E-state index in [2.05, 4.69) is 37.6 Å². The molecule has 1 unspecified atom stereocenters. The minimum Gasteiger partial charge on any atom is -0.330 e. The van der Waals surface area contributed by atoms with Crippen LogP contribution < -0.4 is 5.73 Å². The Balaban J connectivity index is 2.23. The fourth-order valence-corrected chi connectivity index (χ4v) is 2.92. The monoisotopic (exact) mass is 255 g/mol. The predicted molar refractivity (Wildman–Crippen MR) is 79.8 cm³/mol. The van der Waals surface area contributed by atoms with Crippen molar-refractivity contribution in [3.8, 4) is 0 Å². The number of hydrogen-bond acceptors (Lipinski definition) is 3. The average molecular weight is 255 g/mol. The number of rotatable bonds is 7. The first-order valence-electron chi connectivity index (χ1n) is 7.63. The van der Waals surface area contributed by atoms with E-state index in [1.807, 2.05) is 0 Å². The largest absolute Gasteiger partial charge is 0.330 e. The van der Waals surface area contributed by atoms with E-state index < -0.39 is 0 Å². The normalized spacial score (nSPS) is 23.2. The van der Waals surface area contributed by atoms with Crippen molar-refractivity contribution in [2.45, 2.75) is 52.0 Å². The molecule has 18 heavy (non-hydrogen) atoms. The van der Waals surface area contributed by atoms with Crippen LogP contribution in [0.4, 0.5) is 0 Å². The van der Waals surface area contributed by atoms with Gasteiger partial charge in [-0.25, -0.2) is 0 Å². The van der Waals surface area contributed by atoms with E-state index in [1.165, 1.54) is 51.9 Å². The Kier molecular flexibility index (Phi) is 6.61. The lowest BCUT2D eigenvalue weighted by molar-refractivity contribution is 0.0387. The molecule has 0 bridgehead atoms. The van der Waals surface area contributed by atoms with E-state index in [9.17, 15) is 0 Å². The van der Waals surface area contributed by atoms with E-state index in [4.69, 9.17) is 5.73 Å². The van der Waals surface area contributed by atoms with E-state index >= 15 is 0 Å². The van der Waals surface area contributed by atoms with Gasteiger partial charge in [0, 0.05) is 25.2 Å². The van der Waals surface area contributed by atoms with Crippen LogP contribution in [0.1, 0.15) is 46.5 Å². The van der Waals surface area contributed by atoms with Gasteiger partial charge in [0.15, 0.2) is 0 Å². The van der Waals surface area contributed by atoms with Gasteiger partial charge < -0.3 is 10.6 Å². The van der Waals surface area contributed by atoms with Crippen LogP contribution in [0.3, 0.4) is 0 Å². The Morgan fingerprint density at radius 3 is 2.50 bits per heavy atom. The molecule has 3 nitrogen and oxygen atoms in total. The summed E-state index contributed by atoms with van der Waals surface area (Å²) >= 11 is 0. The second-order valence-corrected chi connectivity index (χ2v) is 6.50. The van der Waals surface area contributed by atoms with Gasteiger partial charge in [0.25, 0.3) is 0 Å². The number of nitrogens with two attached hydrogens (primary N) is 1. The summed E-state index contributed by atoms with van der Waals surface area (Å²) in [5.41, 5.74) is 5.99. The van der Waals surface area contributed by atoms with Gasteiger partial charge >= 0.3 is 0 Å². The Labute approximate surface area is 114 Å². The minimum atomic E-state index is 0.333. The van der Waals surface area contributed by atoms with Gasteiger partial charge in [0.2, 0.25) is 0 Å². The van der Waals surface area contributed by atoms with Crippen molar-refractivity contribution < 1.29 is 0 Å². The van der Waals surface area contributed by atoms with Crippen LogP contribution in [0.25, 0.3) is 0 Å². The molecular weight excluding hydrogens is 222 g/mol. The standard InChI is InChI=1S/C15H33N3/c1-5-14(8-9-16)7-6-10-18-12-11-17(4)15(2,3)13-18/h14H,5-13,16H2,1-4H3. The number of piperazine rings is 1. The first-order chi connectivity index (χ1) is 8.49. The van der Waals surface area contributed by atoms with Crippen molar-refractivity contribution in [1.82, 2.24) is 9.80 Å². The molecule has 0 aliphatic carbocycles. The molecule has 0 aromatic rings. The average Bonchev–Trinajstić information content (AvgIpc) is 2.32. The summed E-state index contributed by atoms with van der Waals surface area (Å²) < 4.78 is 0. The third-order valence-corrected chi connectivity index (χ3v) is 4.63. The van der Waals surface area contributed by atoms with Crippen LogP contribution >= 0.6 is 0 Å². The third-order valence-electron chi connectivity index (χ3n) is 4.63. The summed E-state index contributed by atoms with van der Waals surface area (Å²) in [6.07, 6.45) is 5.16. The highest BCUT2D eigenvalue weighted by Gasteiger charge is 2.30. The van der Waals surface area contributed by atoms with Gasteiger partial charge in [-0.15, -0.1) is 0 Å². The Bertz CT molecular complexity index is 228. The van der Waals surface area contributed by atoms with Gasteiger partial charge in [-0.2, -0.15) is 0 Å². The highest BCUT2D eigenvalue weighted by molar-refractivity contribution is 4.88. The molecular formula is C15H33N3. The zero-order valence-corrected chi connectivity index (χ0v) is 12.9. The number of hydrogen-bond donors (Lipinski definition) is 1. The third kappa shape index (κ3) is 4.87. The first kappa shape index (κ1) is 15.9. The van der Waals surface area contributed by atoms with E-state index in [0.29, 0.717) is 5.54 Å². The predicted octanol–water partition coefficient (Wildman–Crippen LogP) is 2.17. The molecule has 0 spiro atoms. The van der Waals surface area contributed by atoms with Gasteiger partial charge in [-0.05, 0) is 59.2 Å². The van der Waals surface area contributed by atoms with Gasteiger partial charge in [0.1, 0.15) is 0 Å². The van der Waals surface area contributed by atoms with Crippen molar-refractivity contribution in [2.24, 2.45) is 11.7 Å². The van der Waals surface area contributed by atoms with Crippen LogP contribution in [0, 0.1) is 5.92 Å². The van der Waals surface area contributed by atoms with Crippen molar-refractivity contribution in [1.29, 1.82) is 0 Å². The summed E-state index contributed by atoms with van der Waals surface area (Å²) in [6, 6.07) is 0. The highest BCUT2D eigenvalue weighted by Crippen LogP contribution is 2.20.